The van der Waals surface area contributed by atoms with Gasteiger partial charge in [0.2, 0.25) is 0 Å². The first-order valence-corrected chi connectivity index (χ1v) is 18.3. The topological polar surface area (TPSA) is 109 Å². The number of aromatic hydroxyl groups is 1. The number of phenolic OH excluding ortho intramolecular Hbond substituents is 1. The van der Waals surface area contributed by atoms with E-state index in [1.807, 2.05) is 11.9 Å². The lowest BCUT2D eigenvalue weighted by Crippen LogP contribution is -2.40. The van der Waals surface area contributed by atoms with Gasteiger partial charge in [0.1, 0.15) is 22.5 Å². The van der Waals surface area contributed by atoms with Crippen LogP contribution >= 0.6 is 11.6 Å². The molecule has 1 unspecified atom stereocenters. The van der Waals surface area contributed by atoms with Crippen molar-refractivity contribution < 1.29 is 28.9 Å². The molecular formula is C40H52ClNO7. The molecule has 1 aromatic heterocycles. The number of aliphatic hydroxyl groups is 1. The van der Waals surface area contributed by atoms with Gasteiger partial charge in [-0.1, -0.05) is 93.5 Å². The number of likely N-dealkylation sites (tertiary alicyclic amines) is 1. The standard InChI is InChI=1S/C40H52ClNO7/c1-3-4-5-6-7-8-9-10-11-12-13-14-15-16-17-20-25-47-40(46)49-36-27-32(43)37(30-23-24-42(2)28-34(30)45)39-38(36)33(44)26-35(48-39)29-21-18-19-22-31(29)41/h7-8,10-11,18-19,21-22,26-27,30,34,43,45H,3-6,9,12-17,20,23-25,28H2,1-2H3/b8-7-,11-10-/t30?,34-/m0/s1. The van der Waals surface area contributed by atoms with Crippen LogP contribution in [-0.2, 0) is 4.74 Å². The Morgan fingerprint density at radius 2 is 1.69 bits per heavy atom. The molecule has 1 saturated heterocycles. The Bertz CT molecular complexity index is 1610. The van der Waals surface area contributed by atoms with Gasteiger partial charge in [-0.2, -0.15) is 0 Å². The van der Waals surface area contributed by atoms with Crippen molar-refractivity contribution in [3.63, 3.8) is 0 Å². The lowest BCUT2D eigenvalue weighted by atomic mass is 9.85. The number of likely N-dealkylation sites (N-methyl/N-ethyl adjacent to an activating group) is 1. The first kappa shape index (κ1) is 38.2. The molecule has 3 aromatic rings. The van der Waals surface area contributed by atoms with Crippen molar-refractivity contribution in [1.29, 1.82) is 0 Å². The molecule has 0 spiro atoms. The van der Waals surface area contributed by atoms with Crippen molar-refractivity contribution >= 4 is 28.7 Å². The number of allylic oxidation sites excluding steroid dienone is 4. The Morgan fingerprint density at radius 1 is 1.00 bits per heavy atom. The number of β-amino-alcohol motifs (C(OH)–C–C–N with tert-alkyl or cyclic N) is 1. The predicted molar refractivity (Wildman–Crippen MR) is 197 cm³/mol. The number of ether oxygens (including phenoxy) is 2. The van der Waals surface area contributed by atoms with Crippen LogP contribution in [0.15, 0.2) is 69.9 Å². The van der Waals surface area contributed by atoms with Gasteiger partial charge in [0.05, 0.1) is 17.7 Å². The molecule has 1 fully saturated rings. The maximum atomic E-state index is 13.6. The fraction of sp³-hybridized carbons (Fsp3) is 0.500. The highest BCUT2D eigenvalue weighted by Gasteiger charge is 2.33. The van der Waals surface area contributed by atoms with Crippen molar-refractivity contribution in [3.05, 3.63) is 81.5 Å². The number of piperidine rings is 1. The Balaban J connectivity index is 1.31. The van der Waals surface area contributed by atoms with E-state index >= 15 is 0 Å². The molecule has 49 heavy (non-hydrogen) atoms. The molecule has 266 valence electrons. The third kappa shape index (κ3) is 11.5. The van der Waals surface area contributed by atoms with Gasteiger partial charge in [-0.05, 0) is 70.7 Å². The molecule has 1 aliphatic rings. The summed E-state index contributed by atoms with van der Waals surface area (Å²) < 4.78 is 17.1. The molecule has 0 saturated carbocycles. The molecule has 0 bridgehead atoms. The van der Waals surface area contributed by atoms with E-state index in [9.17, 15) is 19.8 Å². The highest BCUT2D eigenvalue weighted by Crippen LogP contribution is 2.43. The first-order chi connectivity index (χ1) is 23.8. The van der Waals surface area contributed by atoms with E-state index in [0.29, 0.717) is 42.1 Å². The van der Waals surface area contributed by atoms with E-state index in [-0.39, 0.29) is 34.8 Å². The minimum absolute atomic E-state index is 0.0135. The summed E-state index contributed by atoms with van der Waals surface area (Å²) in [4.78, 5) is 28.3. The summed E-state index contributed by atoms with van der Waals surface area (Å²) in [5.41, 5.74) is 0.358. The van der Waals surface area contributed by atoms with Crippen LogP contribution in [-0.4, -0.2) is 54.1 Å². The average Bonchev–Trinajstić information content (AvgIpc) is 3.07. The maximum absolute atomic E-state index is 13.6. The Labute approximate surface area is 295 Å². The van der Waals surface area contributed by atoms with Gasteiger partial charge in [-0.3, -0.25) is 4.79 Å². The van der Waals surface area contributed by atoms with Crippen LogP contribution in [0.4, 0.5) is 4.79 Å². The lowest BCUT2D eigenvalue weighted by molar-refractivity contribution is 0.0630. The summed E-state index contributed by atoms with van der Waals surface area (Å²) >= 11 is 6.42. The third-order valence-corrected chi connectivity index (χ3v) is 9.37. The Morgan fingerprint density at radius 3 is 2.41 bits per heavy atom. The highest BCUT2D eigenvalue weighted by molar-refractivity contribution is 6.33. The van der Waals surface area contributed by atoms with E-state index in [1.54, 1.807) is 24.3 Å². The molecule has 0 radical (unpaired) electrons. The lowest BCUT2D eigenvalue weighted by Gasteiger charge is -2.34. The van der Waals surface area contributed by atoms with Gasteiger partial charge in [0, 0.05) is 35.7 Å². The average molecular weight is 694 g/mol. The van der Waals surface area contributed by atoms with Gasteiger partial charge in [0.25, 0.3) is 0 Å². The van der Waals surface area contributed by atoms with Crippen molar-refractivity contribution in [2.24, 2.45) is 0 Å². The molecule has 1 aliphatic heterocycles. The maximum Gasteiger partial charge on any atom is 0.513 e. The highest BCUT2D eigenvalue weighted by atomic mass is 35.5. The summed E-state index contributed by atoms with van der Waals surface area (Å²) in [6.07, 6.45) is 21.1. The number of carbonyl (C=O) groups excluding carboxylic acids is 1. The van der Waals surface area contributed by atoms with Crippen LogP contribution in [0.3, 0.4) is 0 Å². The SMILES string of the molecule is CCCCC/C=C\C/C=C\CCCCCCCCOC(=O)Oc1cc(O)c(C2CCN(C)C[C@@H]2O)c2oc(-c3ccccc3Cl)cc(=O)c12. The van der Waals surface area contributed by atoms with E-state index in [0.717, 1.165) is 32.1 Å². The number of hydrogen-bond donors (Lipinski definition) is 2. The van der Waals surface area contributed by atoms with Crippen LogP contribution in [0.2, 0.25) is 5.02 Å². The van der Waals surface area contributed by atoms with Crippen LogP contribution < -0.4 is 10.2 Å². The number of aliphatic hydroxyl groups excluding tert-OH is 1. The molecule has 2 atom stereocenters. The van der Waals surface area contributed by atoms with Crippen molar-refractivity contribution in [1.82, 2.24) is 4.90 Å². The second-order valence-corrected chi connectivity index (χ2v) is 13.4. The zero-order valence-electron chi connectivity index (χ0n) is 29.0. The van der Waals surface area contributed by atoms with Crippen molar-refractivity contribution in [2.45, 2.75) is 102 Å². The second kappa shape index (κ2) is 20.2. The van der Waals surface area contributed by atoms with Crippen molar-refractivity contribution in [2.75, 3.05) is 26.7 Å². The van der Waals surface area contributed by atoms with Crippen LogP contribution in [0, 0.1) is 0 Å². The minimum atomic E-state index is -0.968. The van der Waals surface area contributed by atoms with Crippen LogP contribution in [0.25, 0.3) is 22.3 Å². The predicted octanol–water partition coefficient (Wildman–Crippen LogP) is 9.93. The molecule has 9 heteroatoms. The largest absolute Gasteiger partial charge is 0.513 e. The van der Waals surface area contributed by atoms with Crippen LogP contribution in [0.1, 0.15) is 102 Å². The fourth-order valence-corrected chi connectivity index (χ4v) is 6.56. The van der Waals surface area contributed by atoms with Gasteiger partial charge >= 0.3 is 6.16 Å². The van der Waals surface area contributed by atoms with Gasteiger partial charge in [-0.15, -0.1) is 0 Å². The molecule has 8 nitrogen and oxygen atoms in total. The van der Waals surface area contributed by atoms with Gasteiger partial charge in [0.15, 0.2) is 11.2 Å². The summed E-state index contributed by atoms with van der Waals surface area (Å²) in [7, 11) is 1.91. The number of halogens is 1. The summed E-state index contributed by atoms with van der Waals surface area (Å²) in [5, 5.41) is 22.6. The van der Waals surface area contributed by atoms with Gasteiger partial charge < -0.3 is 29.0 Å². The second-order valence-electron chi connectivity index (χ2n) is 13.0. The number of fused-ring (bicyclic) bond motifs is 1. The van der Waals surface area contributed by atoms with Crippen molar-refractivity contribution in [3.8, 4) is 22.8 Å². The molecule has 0 aliphatic carbocycles. The quantitative estimate of drug-likeness (QED) is 0.0586. The zero-order chi connectivity index (χ0) is 35.0. The zero-order valence-corrected chi connectivity index (χ0v) is 29.8. The summed E-state index contributed by atoms with van der Waals surface area (Å²) in [6.45, 7) is 3.47. The van der Waals surface area contributed by atoms with E-state index in [1.165, 1.54) is 50.7 Å². The number of carbonyl (C=O) groups is 1. The number of unbranched alkanes of at least 4 members (excludes halogenated alkanes) is 9. The Hall–Kier alpha value is -3.59. The van der Waals surface area contributed by atoms with E-state index in [2.05, 4.69) is 31.2 Å². The number of phenols is 1. The third-order valence-electron chi connectivity index (χ3n) is 9.04. The van der Waals surface area contributed by atoms with Crippen LogP contribution in [0.5, 0.6) is 11.5 Å². The molecular weight excluding hydrogens is 642 g/mol. The number of nitrogens with zero attached hydrogens (tertiary/aromatic N) is 1. The fourth-order valence-electron chi connectivity index (χ4n) is 6.33. The molecule has 2 N–H and O–H groups in total. The Kier molecular flexibility index (Phi) is 15.7. The van der Waals surface area contributed by atoms with E-state index in [4.69, 9.17) is 25.5 Å². The summed E-state index contributed by atoms with van der Waals surface area (Å²) in [6, 6.07) is 9.47. The van der Waals surface area contributed by atoms with E-state index < -0.39 is 23.6 Å². The minimum Gasteiger partial charge on any atom is -0.507 e. The normalized spacial score (nSPS) is 17.0. The number of hydrogen-bond acceptors (Lipinski definition) is 8. The molecule has 2 heterocycles. The first-order valence-electron chi connectivity index (χ1n) is 17.9. The number of rotatable bonds is 18. The smallest absolute Gasteiger partial charge is 0.507 e. The molecule has 4 rings (SSSR count). The van der Waals surface area contributed by atoms with Gasteiger partial charge in [-0.25, -0.2) is 4.79 Å². The monoisotopic (exact) mass is 693 g/mol. The molecule has 0 amide bonds. The molecule has 2 aromatic carbocycles. The number of benzene rings is 2. The summed E-state index contributed by atoms with van der Waals surface area (Å²) in [5.74, 6) is -0.718.